The maximum absolute atomic E-state index is 8.55. The second-order valence-corrected chi connectivity index (χ2v) is 3.39. The normalized spacial score (nSPS) is 8.72. The summed E-state index contributed by atoms with van der Waals surface area (Å²) in [5.41, 5.74) is 2.66. The molecule has 7 heteroatoms. The van der Waals surface area contributed by atoms with Gasteiger partial charge in [0.05, 0.1) is 24.9 Å². The highest BCUT2D eigenvalue weighted by Crippen LogP contribution is 2.35. The number of halogens is 1. The van der Waals surface area contributed by atoms with E-state index in [1.165, 1.54) is 20.3 Å². The van der Waals surface area contributed by atoms with Gasteiger partial charge in [-0.1, -0.05) is 11.6 Å². The Kier molecular flexibility index (Phi) is 4.79. The van der Waals surface area contributed by atoms with Crippen LogP contribution in [0.5, 0.6) is 11.5 Å². The minimum atomic E-state index is -0.302. The Morgan fingerprint density at radius 3 is 2.33 bits per heavy atom. The summed E-state index contributed by atoms with van der Waals surface area (Å²) < 4.78 is 10.1. The number of ether oxygens (including phenoxy) is 2. The van der Waals surface area contributed by atoms with Crippen LogP contribution in [0.3, 0.4) is 0 Å². The molecule has 1 N–H and O–H groups in total. The lowest BCUT2D eigenvalue weighted by molar-refractivity contribution is 0.395. The molecule has 0 amide bonds. The van der Waals surface area contributed by atoms with Gasteiger partial charge in [-0.2, -0.15) is 15.6 Å². The zero-order chi connectivity index (χ0) is 13.5. The zero-order valence-corrected chi connectivity index (χ0v) is 10.4. The van der Waals surface area contributed by atoms with Gasteiger partial charge in [0, 0.05) is 6.07 Å². The molecule has 0 bridgehead atoms. The quantitative estimate of drug-likeness (QED) is 0.665. The Morgan fingerprint density at radius 2 is 1.83 bits per heavy atom. The summed E-state index contributed by atoms with van der Waals surface area (Å²) in [7, 11) is 2.95. The minimum absolute atomic E-state index is 0.302. The van der Waals surface area contributed by atoms with Crippen LogP contribution < -0.4 is 14.9 Å². The van der Waals surface area contributed by atoms with Crippen LogP contribution in [0.1, 0.15) is 0 Å². The molecule has 92 valence electrons. The van der Waals surface area contributed by atoms with E-state index in [0.717, 1.165) is 0 Å². The third-order valence-electron chi connectivity index (χ3n) is 1.97. The van der Waals surface area contributed by atoms with E-state index < -0.39 is 0 Å². The van der Waals surface area contributed by atoms with Crippen LogP contribution in [0, 0.1) is 22.7 Å². The lowest BCUT2D eigenvalue weighted by atomic mass is 10.3. The molecule has 0 aliphatic carbocycles. The number of benzene rings is 1. The number of methoxy groups -OCH3 is 2. The molecule has 0 unspecified atom stereocenters. The molecule has 1 rings (SSSR count). The first-order chi connectivity index (χ1) is 8.65. The Morgan fingerprint density at radius 1 is 1.22 bits per heavy atom. The number of nitrogens with one attached hydrogen (secondary N) is 1. The topological polar surface area (TPSA) is 90.4 Å². The molecule has 18 heavy (non-hydrogen) atoms. The van der Waals surface area contributed by atoms with Gasteiger partial charge in [0.2, 0.25) is 5.71 Å². The molecular formula is C11H9ClN4O2. The summed E-state index contributed by atoms with van der Waals surface area (Å²) in [5, 5.41) is 21.0. The number of rotatable bonds is 4. The van der Waals surface area contributed by atoms with Gasteiger partial charge in [-0.3, -0.25) is 5.43 Å². The van der Waals surface area contributed by atoms with Crippen LogP contribution in [0.2, 0.25) is 5.02 Å². The third kappa shape index (κ3) is 3.03. The van der Waals surface area contributed by atoms with Crippen molar-refractivity contribution < 1.29 is 9.47 Å². The average Bonchev–Trinajstić information content (AvgIpc) is 2.40. The van der Waals surface area contributed by atoms with Crippen molar-refractivity contribution in [2.24, 2.45) is 5.10 Å². The highest BCUT2D eigenvalue weighted by atomic mass is 35.5. The maximum atomic E-state index is 8.55. The van der Waals surface area contributed by atoms with Crippen LogP contribution >= 0.6 is 11.6 Å². The molecule has 0 saturated carbocycles. The van der Waals surface area contributed by atoms with Crippen molar-refractivity contribution in [1.82, 2.24) is 0 Å². The third-order valence-corrected chi connectivity index (χ3v) is 2.27. The number of hydrazone groups is 1. The molecule has 6 nitrogen and oxygen atoms in total. The fourth-order valence-corrected chi connectivity index (χ4v) is 1.38. The second-order valence-electron chi connectivity index (χ2n) is 2.98. The van der Waals surface area contributed by atoms with Gasteiger partial charge < -0.3 is 9.47 Å². The first kappa shape index (κ1) is 13.6. The summed E-state index contributed by atoms with van der Waals surface area (Å²) in [5.74, 6) is 0.874. The molecule has 0 atom stereocenters. The largest absolute Gasteiger partial charge is 0.495 e. The molecule has 0 heterocycles. The molecule has 1 aromatic carbocycles. The van der Waals surface area contributed by atoms with Gasteiger partial charge in [0.25, 0.3) is 0 Å². The monoisotopic (exact) mass is 264 g/mol. The van der Waals surface area contributed by atoms with E-state index in [-0.39, 0.29) is 5.71 Å². The van der Waals surface area contributed by atoms with Gasteiger partial charge in [0.1, 0.15) is 23.6 Å². The van der Waals surface area contributed by atoms with Crippen molar-refractivity contribution in [3.8, 4) is 23.6 Å². The predicted octanol–water partition coefficient (Wildman–Crippen LogP) is 2.17. The summed E-state index contributed by atoms with van der Waals surface area (Å²) in [6, 6.07) is 6.34. The van der Waals surface area contributed by atoms with Crippen molar-refractivity contribution in [1.29, 1.82) is 10.5 Å². The molecular weight excluding hydrogens is 256 g/mol. The first-order valence-corrected chi connectivity index (χ1v) is 5.09. The number of nitrogens with zero attached hydrogens (tertiary/aromatic N) is 3. The molecule has 0 spiro atoms. The molecule has 0 aromatic heterocycles. The minimum Gasteiger partial charge on any atom is -0.495 e. The Hall–Kier alpha value is -2.44. The van der Waals surface area contributed by atoms with Gasteiger partial charge in [-0.15, -0.1) is 0 Å². The van der Waals surface area contributed by atoms with E-state index in [9.17, 15) is 0 Å². The van der Waals surface area contributed by atoms with E-state index in [1.807, 2.05) is 0 Å². The average molecular weight is 265 g/mol. The highest BCUT2D eigenvalue weighted by Gasteiger charge is 2.09. The molecule has 1 aromatic rings. The smallest absolute Gasteiger partial charge is 0.237 e. The number of anilines is 1. The lowest BCUT2D eigenvalue weighted by Crippen LogP contribution is -1.99. The summed E-state index contributed by atoms with van der Waals surface area (Å²) in [6.07, 6.45) is 0. The number of hydrogen-bond donors (Lipinski definition) is 1. The number of hydrogen-bond acceptors (Lipinski definition) is 6. The molecule has 0 aliphatic heterocycles. The van der Waals surface area contributed by atoms with E-state index >= 15 is 0 Å². The van der Waals surface area contributed by atoms with Crippen molar-refractivity contribution in [3.63, 3.8) is 0 Å². The first-order valence-electron chi connectivity index (χ1n) is 4.71. The lowest BCUT2D eigenvalue weighted by Gasteiger charge is -2.11. The number of nitriles is 2. The predicted molar refractivity (Wildman–Crippen MR) is 66.8 cm³/mol. The van der Waals surface area contributed by atoms with Crippen molar-refractivity contribution >= 4 is 23.0 Å². The molecule has 0 radical (unpaired) electrons. The standard InChI is InChI=1S/C11H9ClN4O2/c1-17-10-4-11(18-2)9(3-8(10)12)16-15-7(5-13)6-14/h3-4,16H,1-2H3. The van der Waals surface area contributed by atoms with E-state index in [1.54, 1.807) is 18.2 Å². The van der Waals surface area contributed by atoms with E-state index in [2.05, 4.69) is 10.5 Å². The van der Waals surface area contributed by atoms with Crippen LogP contribution in [0.15, 0.2) is 17.2 Å². The zero-order valence-electron chi connectivity index (χ0n) is 9.69. The Bertz CT molecular complexity index is 541. The van der Waals surface area contributed by atoms with Crippen molar-refractivity contribution in [2.45, 2.75) is 0 Å². The van der Waals surface area contributed by atoms with Crippen molar-refractivity contribution in [3.05, 3.63) is 17.2 Å². The van der Waals surface area contributed by atoms with Gasteiger partial charge >= 0.3 is 0 Å². The van der Waals surface area contributed by atoms with Crippen LogP contribution in [-0.4, -0.2) is 19.9 Å². The summed E-state index contributed by atoms with van der Waals surface area (Å²) in [4.78, 5) is 0. The second kappa shape index (κ2) is 6.33. The SMILES string of the molecule is COc1cc(OC)c(NN=C(C#N)C#N)cc1Cl. The molecule has 0 saturated heterocycles. The Labute approximate surface area is 109 Å². The van der Waals surface area contributed by atoms with Gasteiger partial charge in [-0.25, -0.2) is 0 Å². The van der Waals surface area contributed by atoms with Crippen LogP contribution in [-0.2, 0) is 0 Å². The van der Waals surface area contributed by atoms with Gasteiger partial charge in [-0.05, 0) is 6.07 Å². The van der Waals surface area contributed by atoms with Gasteiger partial charge in [0.15, 0.2) is 0 Å². The van der Waals surface area contributed by atoms with Crippen LogP contribution in [0.4, 0.5) is 5.69 Å². The maximum Gasteiger partial charge on any atom is 0.237 e. The Balaban J connectivity index is 3.11. The fourth-order valence-electron chi connectivity index (χ4n) is 1.14. The molecule has 0 aliphatic rings. The highest BCUT2D eigenvalue weighted by molar-refractivity contribution is 6.32. The molecule has 0 fully saturated rings. The van der Waals surface area contributed by atoms with Crippen molar-refractivity contribution in [2.75, 3.05) is 19.6 Å². The summed E-state index contributed by atoms with van der Waals surface area (Å²) >= 11 is 5.94. The van der Waals surface area contributed by atoms with E-state index in [4.69, 9.17) is 31.6 Å². The van der Waals surface area contributed by atoms with E-state index in [0.29, 0.717) is 22.2 Å². The van der Waals surface area contributed by atoms with Crippen LogP contribution in [0.25, 0.3) is 0 Å². The fraction of sp³-hybridized carbons (Fsp3) is 0.182. The summed E-state index contributed by atoms with van der Waals surface area (Å²) in [6.45, 7) is 0.